The van der Waals surface area contributed by atoms with Crippen molar-refractivity contribution in [1.29, 1.82) is 0 Å². The molecule has 1 saturated carbocycles. The number of thiophene rings is 1. The summed E-state index contributed by atoms with van der Waals surface area (Å²) in [5.41, 5.74) is 1.11. The van der Waals surface area contributed by atoms with Crippen LogP contribution in [-0.2, 0) is 6.54 Å². The molecule has 1 aliphatic rings. The van der Waals surface area contributed by atoms with Gasteiger partial charge in [0.25, 0.3) is 0 Å². The molecule has 0 bridgehead atoms. The molecule has 2 heterocycles. The average Bonchev–Trinajstić information content (AvgIpc) is 3.37. The van der Waals surface area contributed by atoms with Crippen LogP contribution in [0.5, 0.6) is 5.88 Å². The maximum Gasteiger partial charge on any atom is 0.213 e. The number of pyridine rings is 1. The first-order valence-corrected chi connectivity index (χ1v) is 10.2. The fourth-order valence-electron chi connectivity index (χ4n) is 3.09. The molecule has 1 unspecified atom stereocenters. The lowest BCUT2D eigenvalue weighted by Gasteiger charge is -2.15. The fraction of sp³-hybridized carbons (Fsp3) is 0.500. The highest BCUT2D eigenvalue weighted by Gasteiger charge is 2.16. The summed E-state index contributed by atoms with van der Waals surface area (Å²) >= 11 is 1.79. The summed E-state index contributed by atoms with van der Waals surface area (Å²) < 4.78 is 5.91. The van der Waals surface area contributed by atoms with Crippen LogP contribution in [0.2, 0.25) is 0 Å². The fourth-order valence-corrected chi connectivity index (χ4v) is 3.88. The smallest absolute Gasteiger partial charge is 0.213 e. The quantitative estimate of drug-likeness (QED) is 0.571. The molecule has 1 atom stereocenters. The van der Waals surface area contributed by atoms with Crippen molar-refractivity contribution in [1.82, 2.24) is 15.6 Å². The Bertz CT molecular complexity index is 678. The third-order valence-electron chi connectivity index (χ3n) is 4.68. The molecular weight excluding hydrogens is 344 g/mol. The molecule has 6 heteroatoms. The molecule has 3 rings (SSSR count). The van der Waals surface area contributed by atoms with Crippen molar-refractivity contribution < 1.29 is 4.74 Å². The van der Waals surface area contributed by atoms with Crippen molar-refractivity contribution >= 4 is 17.3 Å². The highest BCUT2D eigenvalue weighted by molar-refractivity contribution is 7.10. The Hall–Kier alpha value is -2.08. The standard InChI is InChI=1S/C20H28N4OS/c1-15(18-8-5-11-26-18)12-23-20(21-2)24-14-16-9-10-19(22-13-16)25-17-6-3-4-7-17/h5,8-11,13,15,17H,3-4,6-7,12,14H2,1-2H3,(H2,21,23,24). The molecule has 0 aromatic carbocycles. The van der Waals surface area contributed by atoms with Crippen LogP contribution in [0.1, 0.15) is 49.0 Å². The number of aliphatic imine (C=N–C) groups is 1. The Kier molecular flexibility index (Phi) is 6.89. The zero-order valence-corrected chi connectivity index (χ0v) is 16.4. The number of hydrogen-bond donors (Lipinski definition) is 2. The summed E-state index contributed by atoms with van der Waals surface area (Å²) in [5.74, 6) is 2.00. The summed E-state index contributed by atoms with van der Waals surface area (Å²) in [6, 6.07) is 8.29. The second-order valence-electron chi connectivity index (χ2n) is 6.75. The van der Waals surface area contributed by atoms with Gasteiger partial charge in [-0.1, -0.05) is 19.1 Å². The maximum absolute atomic E-state index is 5.91. The number of aromatic nitrogens is 1. The van der Waals surface area contributed by atoms with Crippen molar-refractivity contribution in [2.24, 2.45) is 4.99 Å². The molecule has 2 aromatic heterocycles. The van der Waals surface area contributed by atoms with Crippen LogP contribution in [0.3, 0.4) is 0 Å². The molecule has 0 radical (unpaired) electrons. The Morgan fingerprint density at radius 2 is 2.15 bits per heavy atom. The predicted octanol–water partition coefficient (Wildman–Crippen LogP) is 3.93. The van der Waals surface area contributed by atoms with Crippen LogP contribution in [-0.4, -0.2) is 30.6 Å². The lowest BCUT2D eigenvalue weighted by molar-refractivity contribution is 0.201. The van der Waals surface area contributed by atoms with E-state index in [2.05, 4.69) is 51.1 Å². The third kappa shape index (κ3) is 5.46. The molecule has 5 nitrogen and oxygen atoms in total. The van der Waals surface area contributed by atoms with E-state index in [4.69, 9.17) is 4.74 Å². The van der Waals surface area contributed by atoms with E-state index in [9.17, 15) is 0 Å². The highest BCUT2D eigenvalue weighted by Crippen LogP contribution is 2.23. The predicted molar refractivity (Wildman–Crippen MR) is 108 cm³/mol. The Morgan fingerprint density at radius 3 is 2.81 bits per heavy atom. The van der Waals surface area contributed by atoms with Crippen molar-refractivity contribution in [3.05, 3.63) is 46.3 Å². The minimum absolute atomic E-state index is 0.347. The van der Waals surface area contributed by atoms with Gasteiger partial charge in [-0.25, -0.2) is 4.98 Å². The van der Waals surface area contributed by atoms with Crippen LogP contribution >= 0.6 is 11.3 Å². The molecule has 2 aromatic rings. The molecule has 2 N–H and O–H groups in total. The molecule has 1 fully saturated rings. The summed E-state index contributed by atoms with van der Waals surface area (Å²) in [5, 5.41) is 8.85. The minimum atomic E-state index is 0.347. The molecule has 0 aliphatic heterocycles. The number of guanidine groups is 1. The summed E-state index contributed by atoms with van der Waals surface area (Å²) in [7, 11) is 1.79. The van der Waals surface area contributed by atoms with E-state index in [0.29, 0.717) is 18.6 Å². The van der Waals surface area contributed by atoms with E-state index >= 15 is 0 Å². The lowest BCUT2D eigenvalue weighted by atomic mass is 10.1. The van der Waals surface area contributed by atoms with Crippen LogP contribution in [0.15, 0.2) is 40.8 Å². The van der Waals surface area contributed by atoms with Gasteiger partial charge in [0, 0.05) is 43.2 Å². The van der Waals surface area contributed by atoms with Gasteiger partial charge in [-0.15, -0.1) is 11.3 Å². The Balaban J connectivity index is 1.43. The monoisotopic (exact) mass is 372 g/mol. The van der Waals surface area contributed by atoms with Crippen molar-refractivity contribution in [3.8, 4) is 5.88 Å². The number of nitrogens with zero attached hydrogens (tertiary/aromatic N) is 2. The second-order valence-corrected chi connectivity index (χ2v) is 7.73. The van der Waals surface area contributed by atoms with Crippen molar-refractivity contribution in [3.63, 3.8) is 0 Å². The van der Waals surface area contributed by atoms with Gasteiger partial charge >= 0.3 is 0 Å². The third-order valence-corrected chi connectivity index (χ3v) is 5.78. The number of rotatable bonds is 7. The second kappa shape index (κ2) is 9.57. The van der Waals surface area contributed by atoms with Gasteiger partial charge in [-0.3, -0.25) is 4.99 Å². The molecule has 26 heavy (non-hydrogen) atoms. The van der Waals surface area contributed by atoms with E-state index in [0.717, 1.165) is 36.8 Å². The average molecular weight is 373 g/mol. The summed E-state index contributed by atoms with van der Waals surface area (Å²) in [4.78, 5) is 10.1. The van der Waals surface area contributed by atoms with Crippen LogP contribution < -0.4 is 15.4 Å². The van der Waals surface area contributed by atoms with Gasteiger partial charge in [0.2, 0.25) is 5.88 Å². The minimum Gasteiger partial charge on any atom is -0.474 e. The Morgan fingerprint density at radius 1 is 1.31 bits per heavy atom. The first kappa shape index (κ1) is 18.7. The van der Waals surface area contributed by atoms with Crippen LogP contribution in [0, 0.1) is 0 Å². The largest absolute Gasteiger partial charge is 0.474 e. The van der Waals surface area contributed by atoms with E-state index < -0.39 is 0 Å². The molecule has 0 spiro atoms. The number of nitrogens with one attached hydrogen (secondary N) is 2. The lowest BCUT2D eigenvalue weighted by Crippen LogP contribution is -2.38. The maximum atomic E-state index is 5.91. The first-order chi connectivity index (χ1) is 12.7. The molecule has 0 saturated heterocycles. The number of ether oxygens (including phenoxy) is 1. The van der Waals surface area contributed by atoms with E-state index in [1.165, 1.54) is 17.7 Å². The summed E-state index contributed by atoms with van der Waals surface area (Å²) in [6.07, 6.45) is 7.06. The topological polar surface area (TPSA) is 58.5 Å². The van der Waals surface area contributed by atoms with Crippen molar-refractivity contribution in [2.45, 2.75) is 51.2 Å². The van der Waals surface area contributed by atoms with E-state index in [1.54, 1.807) is 18.4 Å². The van der Waals surface area contributed by atoms with Gasteiger partial charge in [-0.2, -0.15) is 0 Å². The first-order valence-electron chi connectivity index (χ1n) is 9.34. The zero-order chi connectivity index (χ0) is 18.2. The molecular formula is C20H28N4OS. The Labute approximate surface area is 159 Å². The van der Waals surface area contributed by atoms with Gasteiger partial charge in [0.1, 0.15) is 6.10 Å². The SMILES string of the molecule is CN=C(NCc1ccc(OC2CCCC2)nc1)NCC(C)c1cccs1. The molecule has 0 amide bonds. The number of hydrogen-bond acceptors (Lipinski definition) is 4. The van der Waals surface area contributed by atoms with E-state index in [1.807, 2.05) is 12.3 Å². The normalized spacial score (nSPS) is 16.5. The van der Waals surface area contributed by atoms with Crippen molar-refractivity contribution in [2.75, 3.05) is 13.6 Å². The van der Waals surface area contributed by atoms with Gasteiger partial charge in [-0.05, 0) is 42.7 Å². The van der Waals surface area contributed by atoms with Gasteiger partial charge in [0.15, 0.2) is 5.96 Å². The van der Waals surface area contributed by atoms with Crippen LogP contribution in [0.4, 0.5) is 0 Å². The van der Waals surface area contributed by atoms with Gasteiger partial charge in [0.05, 0.1) is 0 Å². The summed E-state index contributed by atoms with van der Waals surface area (Å²) in [6.45, 7) is 3.76. The van der Waals surface area contributed by atoms with Crippen LogP contribution in [0.25, 0.3) is 0 Å². The molecule has 1 aliphatic carbocycles. The molecule has 140 valence electrons. The highest BCUT2D eigenvalue weighted by atomic mass is 32.1. The zero-order valence-electron chi connectivity index (χ0n) is 15.6. The van der Waals surface area contributed by atoms with Gasteiger partial charge < -0.3 is 15.4 Å². The van der Waals surface area contributed by atoms with E-state index in [-0.39, 0.29) is 0 Å².